The number of hydrogen-bond acceptors (Lipinski definition) is 1. The van der Waals surface area contributed by atoms with E-state index in [9.17, 15) is 0 Å². The number of halogens is 1. The maximum atomic E-state index is 6.18. The number of hydrogen-bond donors (Lipinski definition) is 1. The summed E-state index contributed by atoms with van der Waals surface area (Å²) in [6.45, 7) is 0. The SMILES string of the molecule is C#CCCCC(N)c1ccc2cc(Br)ccc2c1. The third-order valence-corrected chi connectivity index (χ3v) is 3.58. The van der Waals surface area contributed by atoms with Gasteiger partial charge >= 0.3 is 0 Å². The summed E-state index contributed by atoms with van der Waals surface area (Å²) < 4.78 is 1.10. The number of benzene rings is 2. The third kappa shape index (κ3) is 3.13. The quantitative estimate of drug-likeness (QED) is 0.657. The van der Waals surface area contributed by atoms with Gasteiger partial charge in [-0.15, -0.1) is 12.3 Å². The molecule has 0 amide bonds. The first-order valence-corrected chi connectivity index (χ1v) is 6.88. The van der Waals surface area contributed by atoms with Gasteiger partial charge in [-0.3, -0.25) is 0 Å². The van der Waals surface area contributed by atoms with E-state index in [0.717, 1.165) is 23.7 Å². The monoisotopic (exact) mass is 301 g/mol. The van der Waals surface area contributed by atoms with Crippen molar-refractivity contribution in [2.24, 2.45) is 5.73 Å². The Labute approximate surface area is 117 Å². The molecule has 1 nitrogen and oxygen atoms in total. The largest absolute Gasteiger partial charge is 0.324 e. The Hall–Kier alpha value is -1.30. The summed E-state index contributed by atoms with van der Waals surface area (Å²) >= 11 is 3.48. The van der Waals surface area contributed by atoms with Crippen molar-refractivity contribution in [3.05, 3.63) is 46.4 Å². The highest BCUT2D eigenvalue weighted by molar-refractivity contribution is 9.10. The highest BCUT2D eigenvalue weighted by Gasteiger charge is 2.06. The molecule has 0 saturated heterocycles. The van der Waals surface area contributed by atoms with Gasteiger partial charge in [0.2, 0.25) is 0 Å². The van der Waals surface area contributed by atoms with Crippen LogP contribution in [0.25, 0.3) is 10.8 Å². The Bertz CT molecular complexity index is 583. The highest BCUT2D eigenvalue weighted by atomic mass is 79.9. The predicted octanol–water partition coefficient (Wildman–Crippen LogP) is 4.41. The molecule has 0 heterocycles. The normalized spacial score (nSPS) is 12.3. The lowest BCUT2D eigenvalue weighted by Gasteiger charge is -2.12. The zero-order valence-corrected chi connectivity index (χ0v) is 11.8. The summed E-state index contributed by atoms with van der Waals surface area (Å²) in [5, 5.41) is 2.45. The van der Waals surface area contributed by atoms with Crippen LogP contribution in [0.5, 0.6) is 0 Å². The standard InChI is InChI=1S/C16H16BrN/c1-2-3-4-5-16(18)14-7-6-13-11-15(17)9-8-12(13)10-14/h1,6-11,16H,3-5,18H2. The lowest BCUT2D eigenvalue weighted by Crippen LogP contribution is -2.09. The molecule has 2 heteroatoms. The van der Waals surface area contributed by atoms with Crippen molar-refractivity contribution in [3.63, 3.8) is 0 Å². The average molecular weight is 302 g/mol. The van der Waals surface area contributed by atoms with Crippen LogP contribution in [-0.4, -0.2) is 0 Å². The van der Waals surface area contributed by atoms with Gasteiger partial charge in [-0.05, 0) is 47.4 Å². The topological polar surface area (TPSA) is 26.0 Å². The number of rotatable bonds is 4. The Morgan fingerprint density at radius 1 is 1.17 bits per heavy atom. The number of fused-ring (bicyclic) bond motifs is 1. The highest BCUT2D eigenvalue weighted by Crippen LogP contribution is 2.24. The van der Waals surface area contributed by atoms with Crippen LogP contribution in [0.2, 0.25) is 0 Å². The van der Waals surface area contributed by atoms with Crippen LogP contribution in [-0.2, 0) is 0 Å². The maximum absolute atomic E-state index is 6.18. The Morgan fingerprint density at radius 3 is 2.67 bits per heavy atom. The van der Waals surface area contributed by atoms with E-state index in [-0.39, 0.29) is 6.04 Å². The Kier molecular flexibility index (Phi) is 4.41. The number of terminal acetylenes is 1. The van der Waals surface area contributed by atoms with Gasteiger partial charge in [0.1, 0.15) is 0 Å². The minimum Gasteiger partial charge on any atom is -0.324 e. The first-order valence-electron chi connectivity index (χ1n) is 6.09. The molecule has 2 aromatic rings. The summed E-state index contributed by atoms with van der Waals surface area (Å²) in [5.74, 6) is 2.65. The molecule has 0 spiro atoms. The smallest absolute Gasteiger partial charge is 0.0295 e. The van der Waals surface area contributed by atoms with Gasteiger partial charge < -0.3 is 5.73 Å². The zero-order chi connectivity index (χ0) is 13.0. The van der Waals surface area contributed by atoms with E-state index in [4.69, 9.17) is 12.2 Å². The lowest BCUT2D eigenvalue weighted by molar-refractivity contribution is 0.621. The summed E-state index contributed by atoms with van der Waals surface area (Å²) in [6, 6.07) is 12.7. The second-order valence-corrected chi connectivity index (χ2v) is 5.37. The second kappa shape index (κ2) is 6.04. The van der Waals surface area contributed by atoms with Gasteiger partial charge in [-0.25, -0.2) is 0 Å². The molecule has 1 atom stereocenters. The van der Waals surface area contributed by atoms with Crippen molar-refractivity contribution < 1.29 is 0 Å². The van der Waals surface area contributed by atoms with Gasteiger partial charge in [0.05, 0.1) is 0 Å². The van der Waals surface area contributed by atoms with Crippen LogP contribution in [0, 0.1) is 12.3 Å². The van der Waals surface area contributed by atoms with E-state index in [0.29, 0.717) is 0 Å². The van der Waals surface area contributed by atoms with E-state index in [2.05, 4.69) is 58.2 Å². The molecule has 0 radical (unpaired) electrons. The van der Waals surface area contributed by atoms with Crippen LogP contribution in [0.3, 0.4) is 0 Å². The first kappa shape index (κ1) is 13.1. The fraction of sp³-hybridized carbons (Fsp3) is 0.250. The molecule has 18 heavy (non-hydrogen) atoms. The zero-order valence-electron chi connectivity index (χ0n) is 10.2. The molecule has 2 rings (SSSR count). The molecular weight excluding hydrogens is 286 g/mol. The minimum absolute atomic E-state index is 0.0754. The molecular formula is C16H16BrN. The number of unbranched alkanes of at least 4 members (excludes halogenated alkanes) is 1. The van der Waals surface area contributed by atoms with Gasteiger partial charge in [-0.2, -0.15) is 0 Å². The van der Waals surface area contributed by atoms with Gasteiger partial charge in [0.15, 0.2) is 0 Å². The summed E-state index contributed by atoms with van der Waals surface area (Å²) in [7, 11) is 0. The fourth-order valence-corrected chi connectivity index (χ4v) is 2.44. The van der Waals surface area contributed by atoms with E-state index in [1.165, 1.54) is 16.3 Å². The van der Waals surface area contributed by atoms with E-state index in [1.54, 1.807) is 0 Å². The number of nitrogens with two attached hydrogens (primary N) is 1. The predicted molar refractivity (Wildman–Crippen MR) is 81.3 cm³/mol. The molecule has 0 aliphatic carbocycles. The van der Waals surface area contributed by atoms with Crippen molar-refractivity contribution in [2.75, 3.05) is 0 Å². The van der Waals surface area contributed by atoms with Crippen molar-refractivity contribution in [2.45, 2.75) is 25.3 Å². The summed E-state index contributed by atoms with van der Waals surface area (Å²) in [5.41, 5.74) is 7.36. The van der Waals surface area contributed by atoms with Crippen molar-refractivity contribution in [3.8, 4) is 12.3 Å². The van der Waals surface area contributed by atoms with Gasteiger partial charge in [-0.1, -0.05) is 34.1 Å². The van der Waals surface area contributed by atoms with E-state index >= 15 is 0 Å². The van der Waals surface area contributed by atoms with Crippen LogP contribution in [0.4, 0.5) is 0 Å². The van der Waals surface area contributed by atoms with E-state index < -0.39 is 0 Å². The van der Waals surface area contributed by atoms with Crippen LogP contribution in [0.1, 0.15) is 30.9 Å². The first-order chi connectivity index (χ1) is 8.70. The molecule has 0 fully saturated rings. The third-order valence-electron chi connectivity index (χ3n) is 3.09. The van der Waals surface area contributed by atoms with Crippen molar-refractivity contribution >= 4 is 26.7 Å². The van der Waals surface area contributed by atoms with Crippen LogP contribution in [0.15, 0.2) is 40.9 Å². The van der Waals surface area contributed by atoms with E-state index in [1.807, 2.05) is 0 Å². The second-order valence-electron chi connectivity index (χ2n) is 4.45. The fourth-order valence-electron chi connectivity index (χ4n) is 2.06. The molecule has 0 bridgehead atoms. The van der Waals surface area contributed by atoms with Gasteiger partial charge in [0.25, 0.3) is 0 Å². The molecule has 0 aliphatic rings. The summed E-state index contributed by atoms with van der Waals surface area (Å²) in [4.78, 5) is 0. The molecule has 2 N–H and O–H groups in total. The Morgan fingerprint density at radius 2 is 1.89 bits per heavy atom. The van der Waals surface area contributed by atoms with Gasteiger partial charge in [0, 0.05) is 16.9 Å². The maximum Gasteiger partial charge on any atom is 0.0295 e. The van der Waals surface area contributed by atoms with Crippen molar-refractivity contribution in [1.29, 1.82) is 0 Å². The molecule has 0 aliphatic heterocycles. The minimum atomic E-state index is 0.0754. The van der Waals surface area contributed by atoms with Crippen LogP contribution >= 0.6 is 15.9 Å². The molecule has 0 saturated carbocycles. The van der Waals surface area contributed by atoms with Crippen molar-refractivity contribution in [1.82, 2.24) is 0 Å². The van der Waals surface area contributed by atoms with Crippen LogP contribution < -0.4 is 5.73 Å². The summed E-state index contributed by atoms with van der Waals surface area (Å²) in [6.07, 6.45) is 7.97. The molecule has 1 unspecified atom stereocenters. The lowest BCUT2D eigenvalue weighted by atomic mass is 9.99. The Balaban J connectivity index is 2.19. The molecule has 2 aromatic carbocycles. The average Bonchev–Trinajstić information content (AvgIpc) is 2.38. The molecule has 92 valence electrons. The molecule has 0 aromatic heterocycles.